The Hall–Kier alpha value is -0.376. The molecule has 0 atom stereocenters. The van der Waals surface area contributed by atoms with Crippen LogP contribution in [0.15, 0.2) is 10.7 Å². The quantitative estimate of drug-likeness (QED) is 0.245. The van der Waals surface area contributed by atoms with E-state index in [1.807, 2.05) is 6.20 Å². The number of carbonyl (C=O) groups is 1. The van der Waals surface area contributed by atoms with E-state index in [0.29, 0.717) is 0 Å². The van der Waals surface area contributed by atoms with Crippen molar-refractivity contribution in [3.05, 3.63) is 22.2 Å². The molecule has 0 heterocycles. The van der Waals surface area contributed by atoms with E-state index in [0.717, 1.165) is 0 Å². The molecule has 0 unspecified atom stereocenters. The van der Waals surface area contributed by atoms with Crippen molar-refractivity contribution in [2.45, 2.75) is 6.92 Å². The van der Waals surface area contributed by atoms with Crippen molar-refractivity contribution in [2.24, 2.45) is 5.11 Å². The van der Waals surface area contributed by atoms with Crippen LogP contribution < -0.4 is 0 Å². The second-order valence-corrected chi connectivity index (χ2v) is 1.23. The van der Waals surface area contributed by atoms with Crippen molar-refractivity contribution in [2.75, 3.05) is 0 Å². The van der Waals surface area contributed by atoms with Gasteiger partial charge < -0.3 is 9.90 Å². The summed E-state index contributed by atoms with van der Waals surface area (Å²) in [6.45, 7) is 1.29. The molecule has 0 spiro atoms. The minimum atomic E-state index is -1.14. The second-order valence-electron chi connectivity index (χ2n) is 1.23. The zero-order chi connectivity index (χ0) is 7.28. The number of aliphatic carboxylic acids is 1. The van der Waals surface area contributed by atoms with Gasteiger partial charge in [-0.3, -0.25) is 0 Å². The van der Waals surface area contributed by atoms with Crippen molar-refractivity contribution < 1.29 is 42.6 Å². The smallest absolute Gasteiger partial charge is 0.168 e. The van der Waals surface area contributed by atoms with E-state index in [1.54, 1.807) is 0 Å². The van der Waals surface area contributed by atoms with Gasteiger partial charge in [-0.15, -0.1) is 5.57 Å². The van der Waals surface area contributed by atoms with E-state index in [-0.39, 0.29) is 38.3 Å². The fraction of sp³-hybridized carbons (Fsp3) is 0.250. The van der Waals surface area contributed by atoms with Crippen molar-refractivity contribution >= 4 is 5.97 Å². The first-order chi connectivity index (χ1) is 4.18. The summed E-state index contributed by atoms with van der Waals surface area (Å²) in [5.74, 6) is -1.14. The van der Waals surface area contributed by atoms with E-state index in [2.05, 4.69) is 10.0 Å². The van der Waals surface area contributed by atoms with E-state index >= 15 is 0 Å². The largest absolute Gasteiger partial charge is 0.562 e. The molecule has 10 heavy (non-hydrogen) atoms. The number of nitrogens with zero attached hydrogens (tertiary/aromatic N) is 3. The fourth-order valence-corrected chi connectivity index (χ4v) is 0.145. The predicted molar refractivity (Wildman–Crippen MR) is 29.2 cm³/mol. The first kappa shape index (κ1) is 12.3. The summed E-state index contributed by atoms with van der Waals surface area (Å²) in [4.78, 5) is 12.2. The Bertz CT molecular complexity index is 195. The number of carboxylic acids is 1. The Morgan fingerprint density at radius 2 is 2.30 bits per heavy atom. The molecular weight excluding hydrogens is 211 g/mol. The number of carboxylic acid groups (broad SMARTS) is 1. The fourth-order valence-electron chi connectivity index (χ4n) is 0.145. The summed E-state index contributed by atoms with van der Waals surface area (Å²) >= 11 is 0. The monoisotopic (exact) mass is 215 g/mol. The molecule has 51 valence electrons. The van der Waals surface area contributed by atoms with E-state index in [4.69, 9.17) is 10.6 Å². The molecule has 0 aromatic rings. The summed E-state index contributed by atoms with van der Waals surface area (Å²) in [5, 5.41) is 10.9. The van der Waals surface area contributed by atoms with Gasteiger partial charge in [0.05, 0.1) is 0 Å². The Kier molecular flexibility index (Phi) is 8.30. The third kappa shape index (κ3) is 5.76. The standard InChI is InChI=1S/C4H4N3O2.Y/c1-3(4(8)9)2-6-7-5;/h1H3,(H,8,9);/q-1;. The van der Waals surface area contributed by atoms with Crippen LogP contribution in [0.2, 0.25) is 0 Å². The van der Waals surface area contributed by atoms with Crippen molar-refractivity contribution in [1.29, 1.82) is 0 Å². The maximum Gasteiger partial charge on any atom is 0.168 e. The third-order valence-electron chi connectivity index (χ3n) is 0.583. The zero-order valence-corrected chi connectivity index (χ0v) is 8.11. The van der Waals surface area contributed by atoms with Crippen LogP contribution in [0.25, 0.3) is 10.4 Å². The van der Waals surface area contributed by atoms with Crippen molar-refractivity contribution in [3.8, 4) is 0 Å². The topological polar surface area (TPSA) is 86.1 Å². The van der Waals surface area contributed by atoms with Gasteiger partial charge in [-0.25, -0.2) is 0 Å². The van der Waals surface area contributed by atoms with Gasteiger partial charge in [-0.2, -0.15) is 11.3 Å². The SMILES string of the molecule is CC(=[C-]N=[N+]=[N-])C(=O)O.[Y]. The predicted octanol–water partition coefficient (Wildman–Crippen LogP) is 1.09. The molecule has 0 saturated carbocycles. The molecule has 0 aliphatic carbocycles. The molecule has 6 heteroatoms. The first-order valence-corrected chi connectivity index (χ1v) is 2.05. The summed E-state index contributed by atoms with van der Waals surface area (Å²) in [6, 6.07) is 0. The molecule has 0 amide bonds. The number of hydrogen-bond donors (Lipinski definition) is 1. The van der Waals surface area contributed by atoms with E-state index in [9.17, 15) is 4.79 Å². The molecule has 0 rings (SSSR count). The van der Waals surface area contributed by atoms with E-state index < -0.39 is 5.97 Å². The maximum atomic E-state index is 9.92. The van der Waals surface area contributed by atoms with Gasteiger partial charge in [0.1, 0.15) is 0 Å². The average molecular weight is 215 g/mol. The Morgan fingerprint density at radius 1 is 1.80 bits per heavy atom. The third-order valence-corrected chi connectivity index (χ3v) is 0.583. The van der Waals surface area contributed by atoms with Crippen LogP contribution in [0.3, 0.4) is 0 Å². The van der Waals surface area contributed by atoms with Crippen LogP contribution in [0.5, 0.6) is 0 Å². The number of azide groups is 1. The molecule has 0 bridgehead atoms. The van der Waals surface area contributed by atoms with Crippen LogP contribution in [0.1, 0.15) is 6.92 Å². The Labute approximate surface area is 82.6 Å². The molecule has 0 aliphatic rings. The first-order valence-electron chi connectivity index (χ1n) is 2.05. The zero-order valence-electron chi connectivity index (χ0n) is 5.27. The molecule has 0 fully saturated rings. The summed E-state index contributed by atoms with van der Waals surface area (Å²) < 4.78 is 0. The normalized spacial score (nSPS) is 9.10. The molecule has 0 aromatic carbocycles. The number of rotatable bonds is 2. The molecular formula is C4H4N3O2Y-. The van der Waals surface area contributed by atoms with Crippen molar-refractivity contribution in [3.63, 3.8) is 0 Å². The van der Waals surface area contributed by atoms with Gasteiger partial charge in [0.2, 0.25) is 0 Å². The molecule has 0 aliphatic heterocycles. The van der Waals surface area contributed by atoms with Gasteiger partial charge in [0, 0.05) is 32.7 Å². The summed E-state index contributed by atoms with van der Waals surface area (Å²) in [7, 11) is 0. The van der Waals surface area contributed by atoms with Crippen LogP contribution in [-0.4, -0.2) is 11.1 Å². The van der Waals surface area contributed by atoms with Crippen LogP contribution in [0, 0.1) is 6.20 Å². The van der Waals surface area contributed by atoms with Gasteiger partial charge >= 0.3 is 0 Å². The van der Waals surface area contributed by atoms with Gasteiger partial charge in [0.25, 0.3) is 0 Å². The molecule has 5 nitrogen and oxygen atoms in total. The molecule has 0 saturated heterocycles. The van der Waals surface area contributed by atoms with Gasteiger partial charge in [-0.1, -0.05) is 6.92 Å². The minimum absolute atomic E-state index is 0. The summed E-state index contributed by atoms with van der Waals surface area (Å²) in [5.41, 5.74) is 7.58. The second kappa shape index (κ2) is 6.74. The van der Waals surface area contributed by atoms with Crippen LogP contribution in [0.4, 0.5) is 0 Å². The molecule has 0 aromatic heterocycles. The maximum absolute atomic E-state index is 9.92. The number of hydrogen-bond acceptors (Lipinski definition) is 2. The average Bonchev–Trinajstić information content (AvgIpc) is 1.82. The van der Waals surface area contributed by atoms with Gasteiger partial charge in [-0.05, 0) is 10.4 Å². The van der Waals surface area contributed by atoms with Crippen LogP contribution in [-0.2, 0) is 37.5 Å². The van der Waals surface area contributed by atoms with Gasteiger partial charge in [0.15, 0.2) is 5.97 Å². The minimum Gasteiger partial charge on any atom is -0.562 e. The summed E-state index contributed by atoms with van der Waals surface area (Å²) in [6.07, 6.45) is 1.96. The van der Waals surface area contributed by atoms with Crippen LogP contribution >= 0.6 is 0 Å². The van der Waals surface area contributed by atoms with E-state index in [1.165, 1.54) is 6.92 Å². The Morgan fingerprint density at radius 3 is 2.60 bits per heavy atom. The molecule has 1 radical (unpaired) electrons. The Balaban J connectivity index is 0. The molecule has 1 N–H and O–H groups in total. The van der Waals surface area contributed by atoms with Crippen molar-refractivity contribution in [1.82, 2.24) is 0 Å².